The molecule has 7 rings (SSSR count). The fourth-order valence-electron chi connectivity index (χ4n) is 6.48. The molecule has 208 valence electrons. The molecule has 1 unspecified atom stereocenters. The van der Waals surface area contributed by atoms with Crippen LogP contribution < -0.4 is 21.0 Å². The van der Waals surface area contributed by atoms with Gasteiger partial charge >= 0.3 is 11.4 Å². The molecular weight excluding hydrogens is 510 g/mol. The molecular formula is C30H33N5O5. The van der Waals surface area contributed by atoms with Crippen molar-refractivity contribution >= 4 is 11.6 Å². The Labute approximate surface area is 231 Å². The number of anilines is 1. The van der Waals surface area contributed by atoms with E-state index in [4.69, 9.17) is 9.47 Å². The molecule has 1 aromatic heterocycles. The van der Waals surface area contributed by atoms with Gasteiger partial charge in [0.15, 0.2) is 0 Å². The third-order valence-corrected chi connectivity index (χ3v) is 8.58. The van der Waals surface area contributed by atoms with Crippen molar-refractivity contribution in [2.24, 2.45) is 0 Å². The maximum absolute atomic E-state index is 14.0. The molecule has 10 heteroatoms. The lowest BCUT2D eigenvalue weighted by Gasteiger charge is -2.42. The van der Waals surface area contributed by atoms with Crippen molar-refractivity contribution in [3.8, 4) is 11.4 Å². The van der Waals surface area contributed by atoms with Crippen LogP contribution in [0, 0.1) is 0 Å². The highest BCUT2D eigenvalue weighted by atomic mass is 16.5. The van der Waals surface area contributed by atoms with E-state index >= 15 is 0 Å². The van der Waals surface area contributed by atoms with Crippen LogP contribution in [0.25, 0.3) is 5.69 Å². The molecule has 0 N–H and O–H groups in total. The van der Waals surface area contributed by atoms with E-state index in [-0.39, 0.29) is 12.5 Å². The lowest BCUT2D eigenvalue weighted by atomic mass is 9.83. The smallest absolute Gasteiger partial charge is 0.352 e. The number of amides is 1. The van der Waals surface area contributed by atoms with Gasteiger partial charge in [0.05, 0.1) is 25.4 Å². The summed E-state index contributed by atoms with van der Waals surface area (Å²) in [4.78, 5) is 44.6. The van der Waals surface area contributed by atoms with Crippen molar-refractivity contribution in [1.82, 2.24) is 18.8 Å². The normalized spacial score (nSPS) is 21.2. The van der Waals surface area contributed by atoms with E-state index in [0.29, 0.717) is 37.6 Å². The maximum Gasteiger partial charge on any atom is 0.352 e. The molecule has 40 heavy (non-hydrogen) atoms. The molecule has 0 saturated carbocycles. The number of fused-ring (bicyclic) bond motifs is 5. The van der Waals surface area contributed by atoms with Crippen LogP contribution in [0.15, 0.2) is 63.7 Å². The summed E-state index contributed by atoms with van der Waals surface area (Å²) in [5.41, 5.74) is 2.41. The van der Waals surface area contributed by atoms with E-state index in [1.54, 1.807) is 33.8 Å². The zero-order valence-electron chi connectivity index (χ0n) is 22.8. The molecule has 0 aliphatic carbocycles. The predicted octanol–water partition coefficient (Wildman–Crippen LogP) is 2.57. The summed E-state index contributed by atoms with van der Waals surface area (Å²) >= 11 is 0. The number of hydrogen-bond acceptors (Lipinski definition) is 6. The molecule has 2 aromatic carbocycles. The SMILES string of the molecule is CC1(C)Oc2cc(N3CCCC3)ccc2C2C1=CCn1c(=O)n(-c3ccc(C(=O)N4CCOCC4)cc3)c(=O)n12. The van der Waals surface area contributed by atoms with Crippen LogP contribution in [0.2, 0.25) is 0 Å². The zero-order valence-corrected chi connectivity index (χ0v) is 22.8. The second-order valence-electron chi connectivity index (χ2n) is 11.4. The van der Waals surface area contributed by atoms with Crippen LogP contribution in [0.4, 0.5) is 5.69 Å². The van der Waals surface area contributed by atoms with Gasteiger partial charge in [0.25, 0.3) is 5.91 Å². The minimum Gasteiger partial charge on any atom is -0.483 e. The monoisotopic (exact) mass is 543 g/mol. The van der Waals surface area contributed by atoms with E-state index < -0.39 is 23.0 Å². The summed E-state index contributed by atoms with van der Waals surface area (Å²) in [5, 5.41) is 0. The number of carbonyl (C=O) groups is 1. The number of ether oxygens (including phenoxy) is 2. The van der Waals surface area contributed by atoms with E-state index in [9.17, 15) is 14.4 Å². The number of aromatic nitrogens is 3. The Morgan fingerprint density at radius 1 is 0.900 bits per heavy atom. The molecule has 3 aromatic rings. The summed E-state index contributed by atoms with van der Waals surface area (Å²) in [6.45, 7) is 8.48. The number of nitrogens with zero attached hydrogens (tertiary/aromatic N) is 5. The molecule has 1 amide bonds. The van der Waals surface area contributed by atoms with Crippen LogP contribution in [0.3, 0.4) is 0 Å². The van der Waals surface area contributed by atoms with Gasteiger partial charge in [0.2, 0.25) is 0 Å². The minimum atomic E-state index is -0.647. The third-order valence-electron chi connectivity index (χ3n) is 8.58. The Kier molecular flexibility index (Phi) is 5.78. The number of hydrogen-bond donors (Lipinski definition) is 0. The Morgan fingerprint density at radius 2 is 1.60 bits per heavy atom. The van der Waals surface area contributed by atoms with E-state index in [1.807, 2.05) is 26.0 Å². The van der Waals surface area contributed by atoms with Gasteiger partial charge < -0.3 is 19.3 Å². The first-order valence-electron chi connectivity index (χ1n) is 14.0. The Balaban J connectivity index is 1.28. The lowest BCUT2D eigenvalue weighted by Crippen LogP contribution is -2.46. The van der Waals surface area contributed by atoms with Crippen LogP contribution in [0.5, 0.6) is 5.75 Å². The average molecular weight is 544 g/mol. The molecule has 0 bridgehead atoms. The van der Waals surface area contributed by atoms with Gasteiger partial charge in [-0.1, -0.05) is 12.1 Å². The van der Waals surface area contributed by atoms with Crippen molar-refractivity contribution in [2.45, 2.75) is 44.9 Å². The van der Waals surface area contributed by atoms with Gasteiger partial charge in [-0.2, -0.15) is 0 Å². The largest absolute Gasteiger partial charge is 0.483 e. The van der Waals surface area contributed by atoms with Gasteiger partial charge in [-0.15, -0.1) is 0 Å². The molecule has 0 radical (unpaired) electrons. The van der Waals surface area contributed by atoms with E-state index in [0.717, 1.165) is 35.7 Å². The summed E-state index contributed by atoms with van der Waals surface area (Å²) in [6, 6.07) is 12.4. The number of morpholine rings is 1. The van der Waals surface area contributed by atoms with Crippen molar-refractivity contribution in [2.75, 3.05) is 44.3 Å². The minimum absolute atomic E-state index is 0.0849. The molecule has 5 heterocycles. The summed E-state index contributed by atoms with van der Waals surface area (Å²) in [5.74, 6) is 0.654. The molecule has 2 fully saturated rings. The molecule has 10 nitrogen and oxygen atoms in total. The van der Waals surface area contributed by atoms with Gasteiger partial charge in [-0.25, -0.2) is 23.5 Å². The second-order valence-corrected chi connectivity index (χ2v) is 11.4. The first-order valence-corrected chi connectivity index (χ1v) is 14.0. The quantitative estimate of drug-likeness (QED) is 0.472. The van der Waals surface area contributed by atoms with Crippen LogP contribution in [-0.4, -0.2) is 69.7 Å². The van der Waals surface area contributed by atoms with Gasteiger partial charge in [-0.05, 0) is 62.6 Å². The Bertz CT molecular complexity index is 1630. The van der Waals surface area contributed by atoms with Crippen molar-refractivity contribution in [3.05, 3.63) is 86.2 Å². The number of rotatable bonds is 3. The molecule has 4 aliphatic heterocycles. The topological polar surface area (TPSA) is 90.9 Å². The Morgan fingerprint density at radius 3 is 2.33 bits per heavy atom. The number of allylic oxidation sites excluding steroid dienone is 1. The first kappa shape index (κ1) is 25.0. The number of benzene rings is 2. The first-order chi connectivity index (χ1) is 19.3. The van der Waals surface area contributed by atoms with Crippen molar-refractivity contribution < 1.29 is 14.3 Å². The number of carbonyl (C=O) groups excluding carboxylic acids is 1. The standard InChI is InChI=1S/C30H33N5O5/c1-30(2)24-11-14-33-28(37)34(21-7-5-20(6-8-21)27(36)32-15-17-39-18-16-32)29(38)35(33)26(24)23-10-9-22(19-25(23)40-30)31-12-3-4-13-31/h5-11,19,26H,3-4,12-18H2,1-2H3. The fraction of sp³-hybridized carbons (Fsp3) is 0.433. The summed E-state index contributed by atoms with van der Waals surface area (Å²) in [7, 11) is 0. The van der Waals surface area contributed by atoms with Gasteiger partial charge in [0.1, 0.15) is 17.4 Å². The highest BCUT2D eigenvalue weighted by molar-refractivity contribution is 5.94. The molecule has 2 saturated heterocycles. The highest BCUT2D eigenvalue weighted by Crippen LogP contribution is 2.47. The third kappa shape index (κ3) is 3.84. The highest BCUT2D eigenvalue weighted by Gasteiger charge is 2.44. The van der Waals surface area contributed by atoms with Crippen molar-refractivity contribution in [3.63, 3.8) is 0 Å². The Hall–Kier alpha value is -4.05. The zero-order chi connectivity index (χ0) is 27.6. The predicted molar refractivity (Wildman–Crippen MR) is 150 cm³/mol. The lowest BCUT2D eigenvalue weighted by molar-refractivity contribution is 0.0303. The van der Waals surface area contributed by atoms with Crippen LogP contribution in [0.1, 0.15) is 48.7 Å². The van der Waals surface area contributed by atoms with Crippen LogP contribution >= 0.6 is 0 Å². The van der Waals surface area contributed by atoms with Crippen LogP contribution in [-0.2, 0) is 11.3 Å². The molecule has 4 aliphatic rings. The summed E-state index contributed by atoms with van der Waals surface area (Å²) < 4.78 is 16.1. The molecule has 1 atom stereocenters. The second kappa shape index (κ2) is 9.26. The van der Waals surface area contributed by atoms with E-state index in [2.05, 4.69) is 17.0 Å². The summed E-state index contributed by atoms with van der Waals surface area (Å²) in [6.07, 6.45) is 4.37. The average Bonchev–Trinajstić information content (AvgIpc) is 3.59. The van der Waals surface area contributed by atoms with E-state index in [1.165, 1.54) is 22.1 Å². The van der Waals surface area contributed by atoms with Gasteiger partial charge in [-0.3, -0.25) is 4.79 Å². The molecule has 0 spiro atoms. The van der Waals surface area contributed by atoms with Gasteiger partial charge in [0, 0.05) is 49.1 Å². The van der Waals surface area contributed by atoms with Crippen molar-refractivity contribution in [1.29, 1.82) is 0 Å². The fourth-order valence-corrected chi connectivity index (χ4v) is 6.48. The maximum atomic E-state index is 14.0.